The van der Waals surface area contributed by atoms with Crippen LogP contribution in [0.2, 0.25) is 0 Å². The Labute approximate surface area is 80.4 Å². The highest BCUT2D eigenvalue weighted by molar-refractivity contribution is 6.04. The number of Topliss-reactive ketones (excluding diaryl/α,β-unsaturated/α-hetero) is 2. The molecule has 80 valence electrons. The molecule has 2 atom stereocenters. The molecular weight excluding hydrogens is 194 g/mol. The van der Waals surface area contributed by atoms with Gasteiger partial charge in [0.2, 0.25) is 5.78 Å². The molecule has 5 heteroatoms. The molecule has 1 rings (SSSR count). The van der Waals surface area contributed by atoms with E-state index in [0.717, 1.165) is 0 Å². The number of carbonyl (C=O) groups is 2. The fourth-order valence-electron chi connectivity index (χ4n) is 1.44. The van der Waals surface area contributed by atoms with Gasteiger partial charge in [-0.25, -0.2) is 8.78 Å². The van der Waals surface area contributed by atoms with Crippen molar-refractivity contribution in [3.63, 3.8) is 0 Å². The Bertz CT molecular complexity index is 234. The summed E-state index contributed by atoms with van der Waals surface area (Å²) in [7, 11) is 0. The van der Waals surface area contributed by atoms with E-state index in [9.17, 15) is 18.4 Å². The van der Waals surface area contributed by atoms with Crippen LogP contribution in [0.15, 0.2) is 0 Å². The van der Waals surface area contributed by atoms with Crippen LogP contribution in [-0.4, -0.2) is 31.2 Å². The van der Waals surface area contributed by atoms with E-state index in [4.69, 9.17) is 4.74 Å². The fourth-order valence-corrected chi connectivity index (χ4v) is 1.44. The van der Waals surface area contributed by atoms with Crippen molar-refractivity contribution >= 4 is 11.6 Å². The first-order valence-electron chi connectivity index (χ1n) is 4.47. The molecule has 0 N–H and O–H groups in total. The van der Waals surface area contributed by atoms with Crippen molar-refractivity contribution in [2.75, 3.05) is 13.2 Å². The summed E-state index contributed by atoms with van der Waals surface area (Å²) in [4.78, 5) is 22.3. The third kappa shape index (κ3) is 2.35. The van der Waals surface area contributed by atoms with Crippen LogP contribution in [-0.2, 0) is 14.3 Å². The molecule has 0 aliphatic carbocycles. The molecule has 0 radical (unpaired) electrons. The van der Waals surface area contributed by atoms with Crippen molar-refractivity contribution < 1.29 is 23.1 Å². The molecule has 0 aromatic heterocycles. The van der Waals surface area contributed by atoms with Gasteiger partial charge in [-0.15, -0.1) is 0 Å². The Morgan fingerprint density at radius 3 is 2.50 bits per heavy atom. The van der Waals surface area contributed by atoms with Gasteiger partial charge in [0.25, 0.3) is 6.43 Å². The molecule has 1 saturated heterocycles. The van der Waals surface area contributed by atoms with Gasteiger partial charge < -0.3 is 4.74 Å². The number of halogens is 2. The maximum Gasteiger partial charge on any atom is 0.296 e. The molecule has 0 saturated carbocycles. The number of hydrogen-bond acceptors (Lipinski definition) is 3. The number of hydrogen-bond donors (Lipinski definition) is 0. The van der Waals surface area contributed by atoms with Gasteiger partial charge in [-0.1, -0.05) is 0 Å². The third-order valence-corrected chi connectivity index (χ3v) is 2.40. The monoisotopic (exact) mass is 206 g/mol. The van der Waals surface area contributed by atoms with E-state index in [1.807, 2.05) is 0 Å². The molecule has 0 aromatic carbocycles. The Morgan fingerprint density at radius 2 is 2.07 bits per heavy atom. The van der Waals surface area contributed by atoms with E-state index >= 15 is 0 Å². The second-order valence-electron chi connectivity index (χ2n) is 3.39. The number of rotatable bonds is 4. The number of alkyl halides is 2. The van der Waals surface area contributed by atoms with Crippen molar-refractivity contribution in [1.29, 1.82) is 0 Å². The van der Waals surface area contributed by atoms with Crippen molar-refractivity contribution in [1.82, 2.24) is 0 Å². The van der Waals surface area contributed by atoms with E-state index in [1.54, 1.807) is 0 Å². The van der Waals surface area contributed by atoms with Crippen LogP contribution in [0.25, 0.3) is 0 Å². The van der Waals surface area contributed by atoms with E-state index in [2.05, 4.69) is 0 Å². The van der Waals surface area contributed by atoms with Gasteiger partial charge in [0.1, 0.15) is 5.78 Å². The average Bonchev–Trinajstić information content (AvgIpc) is 2.67. The zero-order valence-electron chi connectivity index (χ0n) is 7.83. The summed E-state index contributed by atoms with van der Waals surface area (Å²) < 4.78 is 28.9. The van der Waals surface area contributed by atoms with Gasteiger partial charge >= 0.3 is 0 Å². The lowest BCUT2D eigenvalue weighted by molar-refractivity contribution is -0.140. The lowest BCUT2D eigenvalue weighted by atomic mass is 9.91. The molecule has 1 fully saturated rings. The molecule has 1 aliphatic rings. The Balaban J connectivity index is 2.55. The molecule has 0 spiro atoms. The molecule has 14 heavy (non-hydrogen) atoms. The highest BCUT2D eigenvalue weighted by atomic mass is 19.3. The lowest BCUT2D eigenvalue weighted by Crippen LogP contribution is -2.31. The summed E-state index contributed by atoms with van der Waals surface area (Å²) in [6.07, 6.45) is -2.53. The van der Waals surface area contributed by atoms with Gasteiger partial charge in [-0.3, -0.25) is 9.59 Å². The minimum Gasteiger partial charge on any atom is -0.381 e. The van der Waals surface area contributed by atoms with Gasteiger partial charge in [-0.2, -0.15) is 0 Å². The molecule has 3 nitrogen and oxygen atoms in total. The Hall–Kier alpha value is -0.840. The highest BCUT2D eigenvalue weighted by Crippen LogP contribution is 2.19. The fraction of sp³-hybridized carbons (Fsp3) is 0.778. The minimum atomic E-state index is -3.06. The summed E-state index contributed by atoms with van der Waals surface area (Å²) in [5.41, 5.74) is 0. The molecule has 0 bridgehead atoms. The normalized spacial score (nSPS) is 23.9. The Morgan fingerprint density at radius 1 is 1.43 bits per heavy atom. The van der Waals surface area contributed by atoms with E-state index < -0.39 is 23.9 Å². The van der Waals surface area contributed by atoms with E-state index in [-0.39, 0.29) is 12.5 Å². The van der Waals surface area contributed by atoms with Crippen LogP contribution < -0.4 is 0 Å². The first-order valence-corrected chi connectivity index (χ1v) is 4.47. The average molecular weight is 206 g/mol. The zero-order valence-corrected chi connectivity index (χ0v) is 7.83. The number of carbonyl (C=O) groups excluding carboxylic acids is 2. The van der Waals surface area contributed by atoms with Crippen molar-refractivity contribution in [3.8, 4) is 0 Å². The summed E-state index contributed by atoms with van der Waals surface area (Å²) in [6.45, 7) is 1.95. The largest absolute Gasteiger partial charge is 0.381 e. The van der Waals surface area contributed by atoms with Gasteiger partial charge in [0.15, 0.2) is 0 Å². The topological polar surface area (TPSA) is 43.4 Å². The first-order chi connectivity index (χ1) is 6.54. The second kappa shape index (κ2) is 4.59. The predicted molar refractivity (Wildman–Crippen MR) is 44.1 cm³/mol. The SMILES string of the molecule is CC(C(=O)C(F)F)C(=O)C1CCOC1. The van der Waals surface area contributed by atoms with Crippen molar-refractivity contribution in [2.45, 2.75) is 19.8 Å². The summed E-state index contributed by atoms with van der Waals surface area (Å²) in [6, 6.07) is 0. The van der Waals surface area contributed by atoms with E-state index in [0.29, 0.717) is 13.0 Å². The van der Waals surface area contributed by atoms with Crippen LogP contribution in [0, 0.1) is 11.8 Å². The Kier molecular flexibility index (Phi) is 3.69. The quantitative estimate of drug-likeness (QED) is 0.646. The molecule has 1 aliphatic heterocycles. The zero-order chi connectivity index (χ0) is 10.7. The second-order valence-corrected chi connectivity index (χ2v) is 3.39. The van der Waals surface area contributed by atoms with Crippen LogP contribution in [0.1, 0.15) is 13.3 Å². The van der Waals surface area contributed by atoms with Gasteiger partial charge in [0, 0.05) is 12.5 Å². The van der Waals surface area contributed by atoms with E-state index in [1.165, 1.54) is 6.92 Å². The first kappa shape index (κ1) is 11.2. The smallest absolute Gasteiger partial charge is 0.296 e. The molecule has 0 aromatic rings. The summed E-state index contributed by atoms with van der Waals surface area (Å²) in [5.74, 6) is -3.30. The van der Waals surface area contributed by atoms with Crippen LogP contribution in [0.3, 0.4) is 0 Å². The predicted octanol–water partition coefficient (Wildman–Crippen LogP) is 1.06. The minimum absolute atomic E-state index is 0.250. The molecule has 1 heterocycles. The maximum absolute atomic E-state index is 12.0. The van der Waals surface area contributed by atoms with Crippen molar-refractivity contribution in [2.24, 2.45) is 11.8 Å². The standard InChI is InChI=1S/C9H12F2O3/c1-5(8(13)9(10)11)7(12)6-2-3-14-4-6/h5-6,9H,2-4H2,1H3. The van der Waals surface area contributed by atoms with Gasteiger partial charge in [0.05, 0.1) is 12.5 Å². The summed E-state index contributed by atoms with van der Waals surface area (Å²) >= 11 is 0. The summed E-state index contributed by atoms with van der Waals surface area (Å²) in [5, 5.41) is 0. The van der Waals surface area contributed by atoms with Crippen LogP contribution in [0.4, 0.5) is 8.78 Å². The molecular formula is C9H12F2O3. The molecule has 2 unspecified atom stereocenters. The maximum atomic E-state index is 12.0. The number of ketones is 2. The third-order valence-electron chi connectivity index (χ3n) is 2.40. The van der Waals surface area contributed by atoms with Gasteiger partial charge in [-0.05, 0) is 13.3 Å². The van der Waals surface area contributed by atoms with Crippen LogP contribution >= 0.6 is 0 Å². The number of ether oxygens (including phenoxy) is 1. The van der Waals surface area contributed by atoms with Crippen LogP contribution in [0.5, 0.6) is 0 Å². The van der Waals surface area contributed by atoms with Crippen molar-refractivity contribution in [3.05, 3.63) is 0 Å². The lowest BCUT2D eigenvalue weighted by Gasteiger charge is -2.12. The highest BCUT2D eigenvalue weighted by Gasteiger charge is 2.34. The molecule has 0 amide bonds.